The van der Waals surface area contributed by atoms with Crippen LogP contribution in [0.15, 0.2) is 77.2 Å². The van der Waals surface area contributed by atoms with Gasteiger partial charge < -0.3 is 15.8 Å². The summed E-state index contributed by atoms with van der Waals surface area (Å²) >= 11 is 1.41. The molecular formula is C28H31F3N6O3S. The van der Waals surface area contributed by atoms with Crippen LogP contribution in [0.1, 0.15) is 41.8 Å². The lowest BCUT2D eigenvalue weighted by atomic mass is 10.1. The number of aryl methyl sites for hydroxylation is 1. The molecular weight excluding hydrogens is 557 g/mol. The summed E-state index contributed by atoms with van der Waals surface area (Å²) in [5.74, 6) is 0.0343. The molecule has 3 aromatic rings. The first kappa shape index (κ1) is 32.9. The van der Waals surface area contributed by atoms with Gasteiger partial charge in [0.2, 0.25) is 12.3 Å². The zero-order valence-corrected chi connectivity index (χ0v) is 23.0. The maximum atomic E-state index is 12.4. The van der Waals surface area contributed by atoms with Crippen molar-refractivity contribution in [3.8, 4) is 5.75 Å². The van der Waals surface area contributed by atoms with Crippen molar-refractivity contribution < 1.29 is 27.5 Å². The molecule has 9 nitrogen and oxygen atoms in total. The molecule has 0 atom stereocenters. The lowest BCUT2D eigenvalue weighted by Gasteiger charge is -2.10. The second-order valence-corrected chi connectivity index (χ2v) is 9.44. The van der Waals surface area contributed by atoms with Crippen molar-refractivity contribution in [3.05, 3.63) is 89.5 Å². The van der Waals surface area contributed by atoms with Crippen LogP contribution in [-0.2, 0) is 28.9 Å². The number of ether oxygens (including phenoxy) is 1. The topological polar surface area (TPSA) is 132 Å². The van der Waals surface area contributed by atoms with Gasteiger partial charge in [0.05, 0.1) is 17.3 Å². The average molecular weight is 589 g/mol. The van der Waals surface area contributed by atoms with Gasteiger partial charge in [0, 0.05) is 30.5 Å². The highest BCUT2D eigenvalue weighted by Gasteiger charge is 2.31. The molecule has 0 saturated heterocycles. The van der Waals surface area contributed by atoms with Crippen LogP contribution >= 0.6 is 11.8 Å². The van der Waals surface area contributed by atoms with Crippen molar-refractivity contribution in [2.24, 2.45) is 15.9 Å². The van der Waals surface area contributed by atoms with Crippen molar-refractivity contribution in [2.75, 3.05) is 5.88 Å². The molecule has 0 fully saturated rings. The number of benzene rings is 1. The largest absolute Gasteiger partial charge is 0.573 e. The molecule has 1 aromatic carbocycles. The predicted octanol–water partition coefficient (Wildman–Crippen LogP) is 4.84. The fourth-order valence-corrected chi connectivity index (χ4v) is 4.34. The number of nitrogens with zero attached hydrogens (tertiary/aromatic N) is 4. The first-order chi connectivity index (χ1) is 19.7. The Kier molecular flexibility index (Phi) is 14.6. The summed E-state index contributed by atoms with van der Waals surface area (Å²) < 4.78 is 41.3. The number of rotatable bonds is 13. The highest BCUT2D eigenvalue weighted by Crippen LogP contribution is 2.24. The van der Waals surface area contributed by atoms with E-state index in [-0.39, 0.29) is 24.5 Å². The van der Waals surface area contributed by atoms with Gasteiger partial charge in [-0.2, -0.15) is 5.10 Å². The Morgan fingerprint density at radius 1 is 1.07 bits per heavy atom. The zero-order chi connectivity index (χ0) is 29.9. The number of thioether (sulfide) groups is 1. The van der Waals surface area contributed by atoms with E-state index < -0.39 is 6.36 Å². The number of amides is 2. The van der Waals surface area contributed by atoms with Gasteiger partial charge in [0.1, 0.15) is 5.75 Å². The van der Waals surface area contributed by atoms with Crippen LogP contribution in [0.3, 0.4) is 0 Å². The number of aromatic nitrogens is 2. The first-order valence-electron chi connectivity index (χ1n) is 12.5. The Bertz CT molecular complexity index is 1260. The smallest absolute Gasteiger partial charge is 0.406 e. The number of alkyl halides is 3. The monoisotopic (exact) mass is 588 g/mol. The molecule has 2 amide bonds. The molecule has 0 aliphatic rings. The van der Waals surface area contributed by atoms with Gasteiger partial charge in [-0.05, 0) is 73.6 Å². The van der Waals surface area contributed by atoms with Crippen molar-refractivity contribution in [2.45, 2.75) is 44.9 Å². The molecule has 0 aliphatic carbocycles. The third-order valence-electron chi connectivity index (χ3n) is 5.26. The Hall–Kier alpha value is -4.26. The second-order valence-electron chi connectivity index (χ2n) is 8.39. The Balaban J connectivity index is 0.00000187. The van der Waals surface area contributed by atoms with E-state index in [1.54, 1.807) is 30.6 Å². The van der Waals surface area contributed by atoms with Crippen molar-refractivity contribution in [3.63, 3.8) is 0 Å². The minimum absolute atomic E-state index is 0.112. The molecule has 2 heterocycles. The molecule has 0 unspecified atom stereocenters. The number of nitrogens with one attached hydrogen (secondary N) is 1. The standard InChI is InChI=1S/C27H28F3N5O2S.CH3NO/c1-31-35-26(38-19-34-25(36)17-23-9-4-5-14-32-23)11-3-2-8-22-13-12-21(18-33-22)15-20-7-6-10-24(16-20)37-27(28,29)30;2-1-3/h4-7,9-10,12-14,16,18H,1-3,8,11,15,17,19H2,(H,34,36);1H,(H2,2,3)/b35-26-;. The third kappa shape index (κ3) is 14.6. The van der Waals surface area contributed by atoms with Crippen LogP contribution in [0.25, 0.3) is 0 Å². The molecule has 3 rings (SSSR count). The summed E-state index contributed by atoms with van der Waals surface area (Å²) in [6.45, 7) is 3.42. The first-order valence-corrected chi connectivity index (χ1v) is 13.5. The minimum Gasteiger partial charge on any atom is -0.406 e. The lowest BCUT2D eigenvalue weighted by Crippen LogP contribution is -2.25. The number of hydrogen-bond acceptors (Lipinski definition) is 8. The third-order valence-corrected chi connectivity index (χ3v) is 6.17. The van der Waals surface area contributed by atoms with Crippen molar-refractivity contribution in [1.82, 2.24) is 15.3 Å². The Morgan fingerprint density at radius 3 is 2.54 bits per heavy atom. The van der Waals surface area contributed by atoms with Crippen LogP contribution in [0.2, 0.25) is 0 Å². The quantitative estimate of drug-likeness (QED) is 0.0733. The summed E-state index contributed by atoms with van der Waals surface area (Å²) in [7, 11) is 0. The number of unbranched alkanes of at least 4 members (excludes halogenated alkanes) is 1. The SMILES string of the molecule is C=N/N=C(/CCCCc1ccc(Cc2cccc(OC(F)(F)F)c2)cn1)SCNC(=O)Cc1ccccn1.NC=O. The van der Waals surface area contributed by atoms with E-state index in [1.165, 1.54) is 30.0 Å². The predicted molar refractivity (Wildman–Crippen MR) is 154 cm³/mol. The molecule has 0 aliphatic heterocycles. The van der Waals surface area contributed by atoms with Crippen LogP contribution in [0.4, 0.5) is 13.2 Å². The van der Waals surface area contributed by atoms with Crippen molar-refractivity contribution >= 4 is 35.8 Å². The van der Waals surface area contributed by atoms with E-state index in [4.69, 9.17) is 4.79 Å². The van der Waals surface area contributed by atoms with E-state index in [2.05, 4.69) is 42.7 Å². The van der Waals surface area contributed by atoms with Gasteiger partial charge in [-0.25, -0.2) is 0 Å². The fourth-order valence-electron chi connectivity index (χ4n) is 3.54. The molecule has 13 heteroatoms. The second kappa shape index (κ2) is 18.2. The molecule has 3 N–H and O–H groups in total. The van der Waals surface area contributed by atoms with Gasteiger partial charge in [0.15, 0.2) is 0 Å². The number of pyridine rings is 2. The van der Waals surface area contributed by atoms with Crippen LogP contribution < -0.4 is 15.8 Å². The molecule has 0 spiro atoms. The van der Waals surface area contributed by atoms with Crippen molar-refractivity contribution in [1.29, 1.82) is 0 Å². The van der Waals surface area contributed by atoms with Gasteiger partial charge in [-0.1, -0.05) is 36.0 Å². The number of halogens is 3. The molecule has 41 heavy (non-hydrogen) atoms. The van der Waals surface area contributed by atoms with E-state index in [0.717, 1.165) is 35.6 Å². The van der Waals surface area contributed by atoms with E-state index >= 15 is 0 Å². The van der Waals surface area contributed by atoms with Crippen LogP contribution in [0.5, 0.6) is 5.75 Å². The molecule has 0 bridgehead atoms. The number of carbonyl (C=O) groups excluding carboxylic acids is 2. The van der Waals surface area contributed by atoms with E-state index in [9.17, 15) is 18.0 Å². The highest BCUT2D eigenvalue weighted by molar-refractivity contribution is 8.13. The molecule has 0 radical (unpaired) electrons. The maximum absolute atomic E-state index is 12.4. The summed E-state index contributed by atoms with van der Waals surface area (Å²) in [6, 6.07) is 15.2. The van der Waals surface area contributed by atoms with Crippen LogP contribution in [0, 0.1) is 0 Å². The molecule has 2 aromatic heterocycles. The van der Waals surface area contributed by atoms with Gasteiger partial charge in [-0.15, -0.1) is 18.3 Å². The van der Waals surface area contributed by atoms with Crippen LogP contribution in [-0.4, -0.2) is 46.3 Å². The number of hydrogen-bond donors (Lipinski definition) is 2. The van der Waals surface area contributed by atoms with E-state index in [1.807, 2.05) is 18.2 Å². The average Bonchev–Trinajstić information content (AvgIpc) is 2.92. The summed E-state index contributed by atoms with van der Waals surface area (Å²) in [4.78, 5) is 29.3. The van der Waals surface area contributed by atoms with Gasteiger partial charge in [-0.3, -0.25) is 19.6 Å². The maximum Gasteiger partial charge on any atom is 0.573 e. The highest BCUT2D eigenvalue weighted by atomic mass is 32.2. The summed E-state index contributed by atoms with van der Waals surface area (Å²) in [5.41, 5.74) is 7.40. The fraction of sp³-hybridized carbons (Fsp3) is 0.286. The zero-order valence-electron chi connectivity index (χ0n) is 22.2. The minimum atomic E-state index is -4.72. The Morgan fingerprint density at radius 2 is 1.88 bits per heavy atom. The number of nitrogens with two attached hydrogens (primary N) is 1. The molecule has 0 saturated carbocycles. The Labute approximate surface area is 240 Å². The number of primary amides is 1. The summed E-state index contributed by atoms with van der Waals surface area (Å²) in [6.07, 6.45) is 2.82. The van der Waals surface area contributed by atoms with Gasteiger partial charge >= 0.3 is 6.36 Å². The lowest BCUT2D eigenvalue weighted by molar-refractivity contribution is -0.274. The summed E-state index contributed by atoms with van der Waals surface area (Å²) in [5, 5.41) is 11.3. The number of carbonyl (C=O) groups is 2. The normalized spacial score (nSPS) is 11.1. The molecule has 218 valence electrons. The van der Waals surface area contributed by atoms with Gasteiger partial charge in [0.25, 0.3) is 0 Å². The van der Waals surface area contributed by atoms with E-state index in [0.29, 0.717) is 30.0 Å².